The number of nitrogens with zero attached hydrogens (tertiary/aromatic N) is 1. The molecule has 0 saturated heterocycles. The summed E-state index contributed by atoms with van der Waals surface area (Å²) in [6, 6.07) is 1.61. The van der Waals surface area contributed by atoms with Gasteiger partial charge in [-0.2, -0.15) is 0 Å². The van der Waals surface area contributed by atoms with E-state index in [0.29, 0.717) is 11.6 Å². The van der Waals surface area contributed by atoms with E-state index in [2.05, 4.69) is 10.5 Å². The van der Waals surface area contributed by atoms with E-state index in [1.165, 1.54) is 0 Å². The van der Waals surface area contributed by atoms with Crippen molar-refractivity contribution >= 4 is 5.91 Å². The molecule has 1 saturated carbocycles. The van der Waals surface area contributed by atoms with Gasteiger partial charge in [-0.15, -0.1) is 0 Å². The topological polar surface area (TPSA) is 84.6 Å². The van der Waals surface area contributed by atoms with Crippen molar-refractivity contribution in [3.63, 3.8) is 0 Å². The lowest BCUT2D eigenvalue weighted by Gasteiger charge is -2.32. The van der Waals surface area contributed by atoms with Crippen LogP contribution < -0.4 is 10.1 Å². The zero-order chi connectivity index (χ0) is 13.7. The van der Waals surface area contributed by atoms with Crippen LogP contribution in [0.5, 0.6) is 5.88 Å². The van der Waals surface area contributed by atoms with Crippen LogP contribution in [0, 0.1) is 6.92 Å². The normalized spacial score (nSPS) is 18.0. The summed E-state index contributed by atoms with van der Waals surface area (Å²) >= 11 is 0. The Kier molecular flexibility index (Phi) is 4.42. The van der Waals surface area contributed by atoms with Crippen LogP contribution in [0.3, 0.4) is 0 Å². The molecule has 1 amide bonds. The Hall–Kier alpha value is -1.56. The van der Waals surface area contributed by atoms with E-state index >= 15 is 0 Å². The molecule has 1 fully saturated rings. The summed E-state index contributed by atoms with van der Waals surface area (Å²) in [6.45, 7) is 1.91. The second-order valence-corrected chi connectivity index (χ2v) is 5.13. The predicted octanol–water partition coefficient (Wildman–Crippen LogP) is 1.17. The fourth-order valence-electron chi connectivity index (χ4n) is 2.25. The smallest absolute Gasteiger partial charge is 0.258 e. The van der Waals surface area contributed by atoms with Gasteiger partial charge in [-0.05, 0) is 24.9 Å². The van der Waals surface area contributed by atoms with E-state index < -0.39 is 5.60 Å². The number of ether oxygens (including phenoxy) is 1. The van der Waals surface area contributed by atoms with Crippen molar-refractivity contribution in [3.8, 4) is 5.88 Å². The largest absolute Gasteiger partial charge is 0.465 e. The molecule has 0 unspecified atom stereocenters. The van der Waals surface area contributed by atoms with Crippen LogP contribution in [0.1, 0.15) is 37.9 Å². The number of carbonyl (C=O) groups is 1. The molecule has 2 rings (SSSR count). The summed E-state index contributed by atoms with van der Waals surface area (Å²) in [7, 11) is 0. The van der Waals surface area contributed by atoms with Crippen LogP contribution in [0.15, 0.2) is 10.6 Å². The first-order valence-corrected chi connectivity index (χ1v) is 6.63. The molecule has 19 heavy (non-hydrogen) atoms. The molecular weight excluding hydrogens is 248 g/mol. The van der Waals surface area contributed by atoms with Crippen molar-refractivity contribution in [2.45, 2.75) is 44.6 Å². The summed E-state index contributed by atoms with van der Waals surface area (Å²) in [5, 5.41) is 16.5. The van der Waals surface area contributed by atoms with Gasteiger partial charge < -0.3 is 19.7 Å². The molecule has 0 atom stereocenters. The predicted molar refractivity (Wildman–Crippen MR) is 67.8 cm³/mol. The molecule has 0 bridgehead atoms. The van der Waals surface area contributed by atoms with Gasteiger partial charge in [-0.25, -0.2) is 0 Å². The van der Waals surface area contributed by atoms with Gasteiger partial charge >= 0.3 is 0 Å². The number of carbonyl (C=O) groups excluding carboxylic acids is 1. The highest BCUT2D eigenvalue weighted by molar-refractivity contribution is 5.77. The monoisotopic (exact) mass is 268 g/mol. The lowest BCUT2D eigenvalue weighted by atomic mass is 9.85. The van der Waals surface area contributed by atoms with Gasteiger partial charge in [0.05, 0.1) is 5.60 Å². The Labute approximate surface area is 112 Å². The minimum atomic E-state index is -0.752. The second-order valence-electron chi connectivity index (χ2n) is 5.13. The van der Waals surface area contributed by atoms with Crippen molar-refractivity contribution in [1.29, 1.82) is 0 Å². The number of hydrogen-bond donors (Lipinski definition) is 2. The van der Waals surface area contributed by atoms with Crippen molar-refractivity contribution in [2.75, 3.05) is 13.2 Å². The molecule has 2 N–H and O–H groups in total. The van der Waals surface area contributed by atoms with Gasteiger partial charge in [0.25, 0.3) is 11.8 Å². The van der Waals surface area contributed by atoms with Crippen LogP contribution in [0.2, 0.25) is 0 Å². The summed E-state index contributed by atoms with van der Waals surface area (Å²) in [5.41, 5.74) is -0.752. The molecule has 1 heterocycles. The first-order valence-electron chi connectivity index (χ1n) is 6.63. The van der Waals surface area contributed by atoms with Crippen molar-refractivity contribution in [3.05, 3.63) is 11.8 Å². The summed E-state index contributed by atoms with van der Waals surface area (Å²) < 4.78 is 9.98. The molecule has 6 nitrogen and oxygen atoms in total. The average Bonchev–Trinajstić information content (AvgIpc) is 2.81. The molecule has 6 heteroatoms. The molecule has 0 aromatic carbocycles. The number of rotatable bonds is 5. The van der Waals surface area contributed by atoms with Crippen molar-refractivity contribution in [2.24, 2.45) is 0 Å². The maximum atomic E-state index is 11.6. The van der Waals surface area contributed by atoms with E-state index in [4.69, 9.17) is 9.26 Å². The van der Waals surface area contributed by atoms with Gasteiger partial charge in [0.2, 0.25) is 0 Å². The Morgan fingerprint density at radius 1 is 1.53 bits per heavy atom. The van der Waals surface area contributed by atoms with E-state index in [-0.39, 0.29) is 19.1 Å². The maximum absolute atomic E-state index is 11.6. The number of aliphatic hydroxyl groups is 1. The van der Waals surface area contributed by atoms with E-state index in [0.717, 1.165) is 32.1 Å². The zero-order valence-corrected chi connectivity index (χ0v) is 11.1. The van der Waals surface area contributed by atoms with Gasteiger partial charge in [0.15, 0.2) is 6.61 Å². The third-order valence-corrected chi connectivity index (χ3v) is 3.36. The van der Waals surface area contributed by atoms with Crippen molar-refractivity contribution < 1.29 is 19.2 Å². The van der Waals surface area contributed by atoms with Crippen LogP contribution in [-0.4, -0.2) is 34.9 Å². The fourth-order valence-corrected chi connectivity index (χ4v) is 2.25. The van der Waals surface area contributed by atoms with Crippen LogP contribution in [-0.2, 0) is 4.79 Å². The number of hydrogen-bond acceptors (Lipinski definition) is 5. The SMILES string of the molecule is Cc1cc(OCC(=O)NCC2(O)CCCCC2)no1. The Morgan fingerprint density at radius 3 is 2.89 bits per heavy atom. The maximum Gasteiger partial charge on any atom is 0.258 e. The molecule has 1 aromatic heterocycles. The van der Waals surface area contributed by atoms with E-state index in [9.17, 15) is 9.90 Å². The Bertz CT molecular complexity index is 424. The van der Waals surface area contributed by atoms with Gasteiger partial charge in [0.1, 0.15) is 5.76 Å². The minimum Gasteiger partial charge on any atom is -0.465 e. The van der Waals surface area contributed by atoms with Crippen molar-refractivity contribution in [1.82, 2.24) is 10.5 Å². The third kappa shape index (κ3) is 4.24. The lowest BCUT2D eigenvalue weighted by molar-refractivity contribution is -0.124. The number of aryl methyl sites for hydroxylation is 1. The second kappa shape index (κ2) is 6.06. The Balaban J connectivity index is 1.69. The lowest BCUT2D eigenvalue weighted by Crippen LogP contribution is -2.45. The zero-order valence-electron chi connectivity index (χ0n) is 11.1. The molecule has 1 aliphatic rings. The molecule has 1 aliphatic carbocycles. The number of aromatic nitrogens is 1. The third-order valence-electron chi connectivity index (χ3n) is 3.36. The molecule has 106 valence electrons. The number of amides is 1. The van der Waals surface area contributed by atoms with Crippen LogP contribution in [0.4, 0.5) is 0 Å². The van der Waals surface area contributed by atoms with Gasteiger partial charge in [-0.3, -0.25) is 4.79 Å². The standard InChI is InChI=1S/C13H20N2O4/c1-10-7-12(15-19-10)18-8-11(16)14-9-13(17)5-3-2-4-6-13/h7,17H,2-6,8-9H2,1H3,(H,14,16). The highest BCUT2D eigenvalue weighted by atomic mass is 16.5. The van der Waals surface area contributed by atoms with Crippen LogP contribution in [0.25, 0.3) is 0 Å². The van der Waals surface area contributed by atoms with Gasteiger partial charge in [-0.1, -0.05) is 19.3 Å². The molecule has 0 spiro atoms. The quantitative estimate of drug-likeness (QED) is 0.837. The van der Waals surface area contributed by atoms with E-state index in [1.807, 2.05) is 0 Å². The van der Waals surface area contributed by atoms with E-state index in [1.54, 1.807) is 13.0 Å². The molecular formula is C13H20N2O4. The summed E-state index contributed by atoms with van der Waals surface area (Å²) in [6.07, 6.45) is 4.68. The first-order chi connectivity index (χ1) is 9.07. The molecule has 1 aromatic rings. The molecule has 0 radical (unpaired) electrons. The average molecular weight is 268 g/mol. The fraction of sp³-hybridized carbons (Fsp3) is 0.692. The van der Waals surface area contributed by atoms with Gasteiger partial charge in [0, 0.05) is 12.6 Å². The Morgan fingerprint density at radius 2 is 2.26 bits per heavy atom. The summed E-state index contributed by atoms with van der Waals surface area (Å²) in [4.78, 5) is 11.6. The highest BCUT2D eigenvalue weighted by Gasteiger charge is 2.29. The first kappa shape index (κ1) is 13.9. The minimum absolute atomic E-state index is 0.123. The summed E-state index contributed by atoms with van der Waals surface area (Å²) in [5.74, 6) is 0.663. The highest BCUT2D eigenvalue weighted by Crippen LogP contribution is 2.27. The number of nitrogens with one attached hydrogen (secondary N) is 1. The van der Waals surface area contributed by atoms with Crippen LogP contribution >= 0.6 is 0 Å². The molecule has 0 aliphatic heterocycles.